The molecule has 1 aromatic rings. The zero-order chi connectivity index (χ0) is 82.6. The van der Waals surface area contributed by atoms with E-state index >= 15 is 0 Å². The van der Waals surface area contributed by atoms with Gasteiger partial charge in [0.05, 0.1) is 31.6 Å². The van der Waals surface area contributed by atoms with Crippen molar-refractivity contribution in [3.8, 4) is 0 Å². The maximum atomic E-state index is 14.5. The van der Waals surface area contributed by atoms with Crippen LogP contribution in [-0.2, 0) is 73.5 Å². The van der Waals surface area contributed by atoms with E-state index in [2.05, 4.69) is 104 Å². The Bertz CT molecular complexity index is 3320. The molecule has 1 aliphatic rings. The summed E-state index contributed by atoms with van der Waals surface area (Å²) in [6, 6.07) is -6.80. The molecule has 42 heteroatoms. The normalized spacial score (nSPS) is 15.4. The van der Waals surface area contributed by atoms with E-state index in [9.17, 15) is 72.2 Å². The Morgan fingerprint density at radius 1 is 0.491 bits per heavy atom. The molecule has 0 aromatic heterocycles. The fourth-order valence-corrected chi connectivity index (χ4v) is 11.9. The summed E-state index contributed by atoms with van der Waals surface area (Å²) in [4.78, 5) is 210. The van der Waals surface area contributed by atoms with Crippen LogP contribution in [0.1, 0.15) is 143 Å². The summed E-state index contributed by atoms with van der Waals surface area (Å²) in [5, 5.41) is 37.8. The molecule has 2 rings (SSSR count). The van der Waals surface area contributed by atoms with Crippen molar-refractivity contribution < 1.29 is 72.2 Å². The molecule has 1 aliphatic carbocycles. The molecule has 0 unspecified atom stereocenters. The molecule has 12 amide bonds. The lowest BCUT2D eigenvalue weighted by molar-refractivity contribution is -0.143. The van der Waals surface area contributed by atoms with Crippen LogP contribution in [0.5, 0.6) is 0 Å². The van der Waals surface area contributed by atoms with Crippen LogP contribution in [0.2, 0.25) is 0 Å². The number of hydrogen-bond donors (Lipinski definition) is 23. The molecule has 0 heterocycles. The lowest BCUT2D eigenvalue weighted by Crippen LogP contribution is -2.62. The first kappa shape index (κ1) is 95.8. The van der Waals surface area contributed by atoms with Gasteiger partial charge in [-0.05, 0) is 88.5 Å². The zero-order valence-electron chi connectivity index (χ0n) is 63.2. The van der Waals surface area contributed by atoms with Gasteiger partial charge < -0.3 is 125 Å². The summed E-state index contributed by atoms with van der Waals surface area (Å²) in [5.74, 6) is -14.9. The molecule has 1 fully saturated rings. The third-order valence-electron chi connectivity index (χ3n) is 17.9. The van der Waals surface area contributed by atoms with Crippen molar-refractivity contribution in [1.29, 1.82) is 0 Å². The molecular weight excluding hydrogens is 1470 g/mol. The highest BCUT2D eigenvalue weighted by Gasteiger charge is 2.39. The molecule has 30 N–H and O–H groups in total. The lowest BCUT2D eigenvalue weighted by Gasteiger charge is -2.39. The highest BCUT2D eigenvalue weighted by atomic mass is 32.1. The predicted molar refractivity (Wildman–Crippen MR) is 419 cm³/mol. The summed E-state index contributed by atoms with van der Waals surface area (Å²) < 4.78 is 0. The number of rotatable bonds is 52. The number of nitrogens with zero attached hydrogens (tertiary/aromatic N) is 5. The second-order valence-corrected chi connectivity index (χ2v) is 27.4. The van der Waals surface area contributed by atoms with Crippen molar-refractivity contribution in [2.75, 3.05) is 50.8 Å². The van der Waals surface area contributed by atoms with Gasteiger partial charge in [-0.2, -0.15) is 25.3 Å². The van der Waals surface area contributed by atoms with Crippen molar-refractivity contribution in [2.45, 2.75) is 216 Å². The smallest absolute Gasteiger partial charge is 0.305 e. The lowest BCUT2D eigenvalue weighted by atomic mass is 9.92. The van der Waals surface area contributed by atoms with Crippen LogP contribution in [-0.4, -0.2) is 240 Å². The average Bonchev–Trinajstić information content (AvgIpc) is 0.828. The van der Waals surface area contributed by atoms with Crippen molar-refractivity contribution in [1.82, 2.24) is 63.4 Å². The Kier molecular flexibility index (Phi) is 45.3. The number of guanidine groups is 4. The van der Waals surface area contributed by atoms with Crippen molar-refractivity contribution in [3.05, 3.63) is 35.9 Å². The quantitative estimate of drug-likeness (QED) is 0.00948. The Balaban J connectivity index is 2.37. The minimum absolute atomic E-state index is 0.0101. The van der Waals surface area contributed by atoms with Crippen molar-refractivity contribution in [2.24, 2.45) is 83.4 Å². The van der Waals surface area contributed by atoms with Gasteiger partial charge in [-0.3, -0.25) is 82.3 Å². The first-order valence-electron chi connectivity index (χ1n) is 36.6. The standard InChI is InChI=1S/C68H117N25O15S2/c1-6-37(3)53(91-57(101)44(24-16-28-80-67(74)75)85-51(96)33-82-50(95)32-83-56(100)46(30-40-18-10-8-11-19-40)87-61(105)49(36-110)89-55(99)43(69)23-15-27-79-66(72)73)62(106)88-47(31-52(97)98)59(103)86-45(25-17-29-81-68(76)77)58(102)92-54(38(4)7-2)63(107)90-48(35-109)60(104)84-39(5)64(108)93(41-20-12-9-13-21-41)42(34-94)22-14-26-78-65(70)71/h8,10-11,18-19,34,37-39,41-49,53-54,109-110H,6-7,9,12-17,20-33,35-36,69H2,1-5H3,(H,82,95)(H,83,100)(H,84,104)(H,85,96)(H,86,103)(H,87,105)(H,88,106)(H,89,99)(H,90,107)(H,91,101)(H,92,102)(H,97,98)(H4,70,71,78)(H4,72,73,79)(H4,74,75,80)(H4,76,77,81)/t37-,38-,39-,42-,43-,44-,45-,46-,47-,48-,49-,53-,54-/m0/s1. The number of hydrogen-bond acceptors (Lipinski definition) is 21. The predicted octanol–water partition coefficient (Wildman–Crippen LogP) is -6.46. The Morgan fingerprint density at radius 3 is 1.36 bits per heavy atom. The van der Waals surface area contributed by atoms with Crippen LogP contribution in [0.25, 0.3) is 0 Å². The van der Waals surface area contributed by atoms with E-state index in [-0.39, 0.29) is 125 Å². The summed E-state index contributed by atoms with van der Waals surface area (Å²) >= 11 is 8.54. The van der Waals surface area contributed by atoms with E-state index in [1.54, 1.807) is 58.0 Å². The van der Waals surface area contributed by atoms with E-state index in [0.717, 1.165) is 19.3 Å². The van der Waals surface area contributed by atoms with Gasteiger partial charge in [0, 0.05) is 50.1 Å². The number of amides is 12. The Hall–Kier alpha value is -10.3. The largest absolute Gasteiger partial charge is 0.481 e. The van der Waals surface area contributed by atoms with E-state index in [4.69, 9.17) is 51.6 Å². The van der Waals surface area contributed by atoms with E-state index in [1.807, 2.05) is 0 Å². The highest BCUT2D eigenvalue weighted by molar-refractivity contribution is 7.80. The minimum atomic E-state index is -1.95. The molecule has 0 aliphatic heterocycles. The molecule has 616 valence electrons. The fourth-order valence-electron chi connectivity index (χ4n) is 11.4. The van der Waals surface area contributed by atoms with Crippen molar-refractivity contribution >= 4 is 132 Å². The number of carboxylic acids is 1. The molecule has 1 aromatic carbocycles. The fraction of sp³-hybridized carbons (Fsp3) is 0.647. The number of aliphatic carboxylic acids is 1. The van der Waals surface area contributed by atoms with E-state index < -0.39 is 175 Å². The Labute approximate surface area is 651 Å². The number of thiol groups is 2. The third kappa shape index (κ3) is 36.8. The number of nitrogens with one attached hydrogen (secondary N) is 11. The first-order chi connectivity index (χ1) is 52.1. The van der Waals surface area contributed by atoms with Gasteiger partial charge in [0.2, 0.25) is 70.9 Å². The number of carbonyl (C=O) groups is 14. The van der Waals surface area contributed by atoms with Gasteiger partial charge in [0.25, 0.3) is 0 Å². The maximum Gasteiger partial charge on any atom is 0.305 e. The average molecular weight is 1590 g/mol. The molecule has 110 heavy (non-hydrogen) atoms. The maximum absolute atomic E-state index is 14.5. The summed E-state index contributed by atoms with van der Waals surface area (Å²) in [5.41, 5.74) is 50.5. The highest BCUT2D eigenvalue weighted by Crippen LogP contribution is 2.26. The zero-order valence-corrected chi connectivity index (χ0v) is 65.0. The molecule has 0 saturated heterocycles. The van der Waals surface area contributed by atoms with E-state index in [1.165, 1.54) is 11.8 Å². The SMILES string of the molecule is CC[C@H](C)[C@H](NC(=O)[C@H](CCCN=C(N)N)NC(=O)[C@H](CC(=O)O)NC(=O)[C@@H](NC(=O)[C@H](CCCN=C(N)N)NC(=O)CNC(=O)CNC(=O)[C@H](Cc1ccccc1)NC(=O)[C@H](CS)NC(=O)[C@@H](N)CCCN=C(N)N)[C@@H](C)CC)C(=O)N[C@@H](CS)C(=O)N[C@@H](C)C(=O)N(C1CCCCC1)[C@H](C=O)CCCN=C(N)N. The minimum Gasteiger partial charge on any atom is -0.481 e. The van der Waals surface area contributed by atoms with Crippen LogP contribution in [0.15, 0.2) is 50.3 Å². The number of benzene rings is 1. The van der Waals surface area contributed by atoms with Gasteiger partial charge in [-0.25, -0.2) is 0 Å². The number of carboxylic acid groups (broad SMARTS) is 1. The molecule has 13 atom stereocenters. The van der Waals surface area contributed by atoms with Crippen LogP contribution >= 0.6 is 25.3 Å². The first-order valence-corrected chi connectivity index (χ1v) is 37.9. The van der Waals surface area contributed by atoms with Gasteiger partial charge in [0.15, 0.2) is 23.8 Å². The van der Waals surface area contributed by atoms with Crippen LogP contribution in [0.3, 0.4) is 0 Å². The second kappa shape index (κ2) is 52.0. The van der Waals surface area contributed by atoms with E-state index in [0.29, 0.717) is 37.5 Å². The molecule has 0 radical (unpaired) electrons. The monoisotopic (exact) mass is 1590 g/mol. The van der Waals surface area contributed by atoms with Crippen LogP contribution < -0.4 is 110 Å². The molecule has 1 saturated carbocycles. The molecular formula is C68H117N25O15S2. The Morgan fingerprint density at radius 2 is 0.900 bits per heavy atom. The van der Waals surface area contributed by atoms with Crippen LogP contribution in [0.4, 0.5) is 0 Å². The summed E-state index contributed by atoms with van der Waals surface area (Å²) in [7, 11) is 0. The third-order valence-corrected chi connectivity index (χ3v) is 18.6. The van der Waals surface area contributed by atoms with Gasteiger partial charge >= 0.3 is 5.97 Å². The summed E-state index contributed by atoms with van der Waals surface area (Å²) in [6.07, 6.45) is 4.65. The number of aldehydes is 1. The topological polar surface area (TPSA) is 678 Å². The molecule has 0 spiro atoms. The second-order valence-electron chi connectivity index (χ2n) is 26.7. The van der Waals surface area contributed by atoms with Gasteiger partial charge in [-0.15, -0.1) is 0 Å². The van der Waals surface area contributed by atoms with Crippen LogP contribution in [0, 0.1) is 11.8 Å². The number of aliphatic imine (C=N–C) groups is 4. The number of nitrogens with two attached hydrogens (primary N) is 9. The number of carbonyl (C=O) groups excluding carboxylic acids is 13. The summed E-state index contributed by atoms with van der Waals surface area (Å²) in [6.45, 7) is 6.83. The van der Waals surface area contributed by atoms with Gasteiger partial charge in [0.1, 0.15) is 60.7 Å². The van der Waals surface area contributed by atoms with Gasteiger partial charge in [-0.1, -0.05) is 90.1 Å². The molecule has 0 bridgehead atoms. The molecule has 40 nitrogen and oxygen atoms in total. The van der Waals surface area contributed by atoms with Crippen molar-refractivity contribution in [3.63, 3.8) is 0 Å².